The van der Waals surface area contributed by atoms with E-state index < -0.39 is 18.1 Å². The number of carboxylic acids is 1. The minimum atomic E-state index is -1.05. The molecular weight excluding hydrogens is 174 g/mol. The lowest BCUT2D eigenvalue weighted by atomic mass is 10.2. The molecule has 0 fully saturated rings. The molecule has 0 aromatic heterocycles. The first-order valence-corrected chi connectivity index (χ1v) is 4.17. The molecule has 5 heteroatoms. The maximum absolute atomic E-state index is 10.9. The first-order chi connectivity index (χ1) is 5.97. The maximum Gasteiger partial charge on any atom is 0.408 e. The number of carboxylic acid groups (broad SMARTS) is 1. The summed E-state index contributed by atoms with van der Waals surface area (Å²) >= 11 is 0. The van der Waals surface area contributed by atoms with Gasteiger partial charge in [0.05, 0.1) is 6.10 Å². The minimum Gasteiger partial charge on any atom is -0.480 e. The third-order valence-electron chi connectivity index (χ3n) is 1.34. The summed E-state index contributed by atoms with van der Waals surface area (Å²) in [4.78, 5) is 21.4. The van der Waals surface area contributed by atoms with Crippen LogP contribution in [0, 0.1) is 0 Å². The predicted molar refractivity (Wildman–Crippen MR) is 46.5 cm³/mol. The number of ether oxygens (including phenoxy) is 1. The number of amides is 1. The molecule has 0 aliphatic carbocycles. The third kappa shape index (κ3) is 5.05. The molecule has 0 unspecified atom stereocenters. The number of nitrogens with one attached hydrogen (secondary N) is 1. The molecule has 0 aromatic rings. The van der Waals surface area contributed by atoms with Crippen LogP contribution in [0.4, 0.5) is 4.79 Å². The molecule has 0 saturated carbocycles. The monoisotopic (exact) mass is 189 g/mol. The van der Waals surface area contributed by atoms with E-state index in [1.807, 2.05) is 0 Å². The second-order valence-electron chi connectivity index (χ2n) is 2.90. The highest BCUT2D eigenvalue weighted by Crippen LogP contribution is 1.94. The molecule has 0 radical (unpaired) electrons. The first-order valence-electron chi connectivity index (χ1n) is 4.17. The molecule has 0 aliphatic rings. The summed E-state index contributed by atoms with van der Waals surface area (Å²) in [5, 5.41) is 10.8. The van der Waals surface area contributed by atoms with E-state index in [4.69, 9.17) is 9.84 Å². The highest BCUT2D eigenvalue weighted by Gasteiger charge is 2.18. The van der Waals surface area contributed by atoms with Gasteiger partial charge in [0.15, 0.2) is 0 Å². The Bertz CT molecular complexity index is 191. The first kappa shape index (κ1) is 11.7. The van der Waals surface area contributed by atoms with Gasteiger partial charge < -0.3 is 15.2 Å². The van der Waals surface area contributed by atoms with Crippen molar-refractivity contribution in [3.63, 3.8) is 0 Å². The fourth-order valence-electron chi connectivity index (χ4n) is 0.729. The number of aliphatic carboxylic acids is 1. The van der Waals surface area contributed by atoms with Crippen LogP contribution in [0.1, 0.15) is 27.2 Å². The number of hydrogen-bond donors (Lipinski definition) is 2. The number of carbonyl (C=O) groups is 2. The summed E-state index contributed by atoms with van der Waals surface area (Å²) < 4.78 is 4.72. The van der Waals surface area contributed by atoms with Gasteiger partial charge in [-0.05, 0) is 20.3 Å². The molecule has 13 heavy (non-hydrogen) atoms. The quantitative estimate of drug-likeness (QED) is 0.691. The van der Waals surface area contributed by atoms with E-state index in [1.165, 1.54) is 0 Å². The Morgan fingerprint density at radius 3 is 2.31 bits per heavy atom. The Kier molecular flexibility index (Phi) is 4.87. The second kappa shape index (κ2) is 5.40. The highest BCUT2D eigenvalue weighted by molar-refractivity contribution is 5.79. The summed E-state index contributed by atoms with van der Waals surface area (Å²) in [5.74, 6) is -1.05. The molecule has 1 amide bonds. The fraction of sp³-hybridized carbons (Fsp3) is 0.750. The molecule has 0 aliphatic heterocycles. The van der Waals surface area contributed by atoms with Crippen molar-refractivity contribution in [2.75, 3.05) is 0 Å². The lowest BCUT2D eigenvalue weighted by Gasteiger charge is -2.13. The van der Waals surface area contributed by atoms with E-state index in [-0.39, 0.29) is 6.10 Å². The van der Waals surface area contributed by atoms with Gasteiger partial charge in [0.2, 0.25) is 0 Å². The van der Waals surface area contributed by atoms with Gasteiger partial charge in [0, 0.05) is 0 Å². The zero-order valence-electron chi connectivity index (χ0n) is 8.03. The highest BCUT2D eigenvalue weighted by atomic mass is 16.6. The average molecular weight is 189 g/mol. The maximum atomic E-state index is 10.9. The van der Waals surface area contributed by atoms with Crippen molar-refractivity contribution in [2.24, 2.45) is 0 Å². The van der Waals surface area contributed by atoms with Crippen LogP contribution in [0.2, 0.25) is 0 Å². The van der Waals surface area contributed by atoms with E-state index in [0.29, 0.717) is 6.42 Å². The van der Waals surface area contributed by atoms with Gasteiger partial charge in [-0.15, -0.1) is 0 Å². The van der Waals surface area contributed by atoms with Gasteiger partial charge in [-0.25, -0.2) is 9.59 Å². The number of rotatable bonds is 4. The second-order valence-corrected chi connectivity index (χ2v) is 2.90. The lowest BCUT2D eigenvalue weighted by Crippen LogP contribution is -2.41. The lowest BCUT2D eigenvalue weighted by molar-refractivity contribution is -0.139. The standard InChI is InChI=1S/C8H15NO4/c1-4-6(7(10)11)9-8(12)13-5(2)3/h5-6H,4H2,1-3H3,(H,9,12)(H,10,11)/t6-/m1/s1. The molecule has 76 valence electrons. The zero-order chi connectivity index (χ0) is 10.4. The number of alkyl carbamates (subject to hydrolysis) is 1. The van der Waals surface area contributed by atoms with Crippen LogP contribution in [0.15, 0.2) is 0 Å². The van der Waals surface area contributed by atoms with Crippen molar-refractivity contribution in [3.8, 4) is 0 Å². The zero-order valence-corrected chi connectivity index (χ0v) is 8.03. The molecule has 0 spiro atoms. The van der Waals surface area contributed by atoms with Gasteiger partial charge in [-0.3, -0.25) is 0 Å². The van der Waals surface area contributed by atoms with Crippen LogP contribution >= 0.6 is 0 Å². The molecule has 0 bridgehead atoms. The van der Waals surface area contributed by atoms with Crippen LogP contribution in [0.25, 0.3) is 0 Å². The molecular formula is C8H15NO4. The molecule has 0 aromatic carbocycles. The fourth-order valence-corrected chi connectivity index (χ4v) is 0.729. The smallest absolute Gasteiger partial charge is 0.408 e. The van der Waals surface area contributed by atoms with Gasteiger partial charge in [0.1, 0.15) is 6.04 Å². The van der Waals surface area contributed by atoms with E-state index in [2.05, 4.69) is 5.32 Å². The molecule has 0 saturated heterocycles. The van der Waals surface area contributed by atoms with Crippen molar-refractivity contribution in [1.82, 2.24) is 5.32 Å². The molecule has 1 atom stereocenters. The van der Waals surface area contributed by atoms with Crippen LogP contribution in [0.5, 0.6) is 0 Å². The van der Waals surface area contributed by atoms with Gasteiger partial charge in [-0.2, -0.15) is 0 Å². The van der Waals surface area contributed by atoms with E-state index in [1.54, 1.807) is 20.8 Å². The summed E-state index contributed by atoms with van der Waals surface area (Å²) in [7, 11) is 0. The third-order valence-corrected chi connectivity index (χ3v) is 1.34. The summed E-state index contributed by atoms with van der Waals surface area (Å²) in [5.41, 5.74) is 0. The molecule has 0 rings (SSSR count). The van der Waals surface area contributed by atoms with Gasteiger partial charge >= 0.3 is 12.1 Å². The predicted octanol–water partition coefficient (Wildman–Crippen LogP) is 0.984. The van der Waals surface area contributed by atoms with Crippen molar-refractivity contribution >= 4 is 12.1 Å². The summed E-state index contributed by atoms with van der Waals surface area (Å²) in [6.45, 7) is 5.07. The van der Waals surface area contributed by atoms with E-state index >= 15 is 0 Å². The van der Waals surface area contributed by atoms with Crippen molar-refractivity contribution in [1.29, 1.82) is 0 Å². The molecule has 2 N–H and O–H groups in total. The Morgan fingerprint density at radius 2 is 2.00 bits per heavy atom. The van der Waals surface area contributed by atoms with Crippen LogP contribution < -0.4 is 5.32 Å². The van der Waals surface area contributed by atoms with E-state index in [0.717, 1.165) is 0 Å². The SMILES string of the molecule is CC[C@@H](NC(=O)OC(C)C)C(=O)O. The Balaban J connectivity index is 3.94. The van der Waals surface area contributed by atoms with Crippen LogP contribution in [-0.2, 0) is 9.53 Å². The average Bonchev–Trinajstić information content (AvgIpc) is 1.98. The largest absolute Gasteiger partial charge is 0.480 e. The molecule has 5 nitrogen and oxygen atoms in total. The number of hydrogen-bond acceptors (Lipinski definition) is 3. The van der Waals surface area contributed by atoms with Gasteiger partial charge in [-0.1, -0.05) is 6.92 Å². The van der Waals surface area contributed by atoms with Crippen molar-refractivity contribution in [2.45, 2.75) is 39.3 Å². The molecule has 0 heterocycles. The van der Waals surface area contributed by atoms with Crippen molar-refractivity contribution in [3.05, 3.63) is 0 Å². The number of carbonyl (C=O) groups excluding carboxylic acids is 1. The summed E-state index contributed by atoms with van der Waals surface area (Å²) in [6.07, 6.45) is -0.599. The van der Waals surface area contributed by atoms with Gasteiger partial charge in [0.25, 0.3) is 0 Å². The topological polar surface area (TPSA) is 75.6 Å². The van der Waals surface area contributed by atoms with Crippen molar-refractivity contribution < 1.29 is 19.4 Å². The Morgan fingerprint density at radius 1 is 1.46 bits per heavy atom. The van der Waals surface area contributed by atoms with Crippen LogP contribution in [-0.4, -0.2) is 29.3 Å². The normalized spacial score (nSPS) is 12.3. The Hall–Kier alpha value is -1.26. The van der Waals surface area contributed by atoms with Crippen LogP contribution in [0.3, 0.4) is 0 Å². The Labute approximate surface area is 77.1 Å². The minimum absolute atomic E-state index is 0.244. The summed E-state index contributed by atoms with van der Waals surface area (Å²) in [6, 6.07) is -0.869. The van der Waals surface area contributed by atoms with E-state index in [9.17, 15) is 9.59 Å².